The summed E-state index contributed by atoms with van der Waals surface area (Å²) in [5.74, 6) is 0. The smallest absolute Gasteiger partial charge is 0.323 e. The lowest BCUT2D eigenvalue weighted by molar-refractivity contribution is -0.427. The normalized spacial score (nSPS) is 17.2. The predicted octanol–water partition coefficient (Wildman–Crippen LogP) is -1.53. The summed E-state index contributed by atoms with van der Waals surface area (Å²) in [7, 11) is 0. The van der Waals surface area contributed by atoms with E-state index in [1.807, 2.05) is 0 Å². The molecule has 10 heavy (non-hydrogen) atoms. The molecule has 0 aromatic rings. The Hall–Kier alpha value is 0.0600. The molecule has 62 valence electrons. The lowest BCUT2D eigenvalue weighted by Crippen LogP contribution is -2.22. The first kappa shape index (κ1) is 10.1. The van der Waals surface area contributed by atoms with Gasteiger partial charge in [-0.05, 0) is 0 Å². The van der Waals surface area contributed by atoms with Gasteiger partial charge in [0, 0.05) is 0 Å². The van der Waals surface area contributed by atoms with E-state index in [1.165, 1.54) is 0 Å². The molecule has 0 radical (unpaired) electrons. The fourth-order valence-corrected chi connectivity index (χ4v) is 0.432. The van der Waals surface area contributed by atoms with E-state index in [4.69, 9.17) is 9.76 Å². The quantitative estimate of drug-likeness (QED) is 0.406. The molecule has 0 amide bonds. The maximum absolute atomic E-state index is 9.60. The van der Waals surface area contributed by atoms with Gasteiger partial charge < -0.3 is 4.55 Å². The van der Waals surface area contributed by atoms with Crippen LogP contribution in [0.4, 0.5) is 0 Å². The largest absolute Gasteiger partial charge is 0.748 e. The van der Waals surface area contributed by atoms with Crippen molar-refractivity contribution >= 4 is 22.7 Å². The topological polar surface area (TPSA) is 119 Å². The van der Waals surface area contributed by atoms with Gasteiger partial charge in [0.15, 0.2) is 0 Å². The van der Waals surface area contributed by atoms with E-state index < -0.39 is 28.1 Å². The van der Waals surface area contributed by atoms with E-state index in [-0.39, 0.29) is 0 Å². The van der Waals surface area contributed by atoms with Crippen LogP contribution in [-0.2, 0) is 31.3 Å². The van der Waals surface area contributed by atoms with Crippen LogP contribution in [0.15, 0.2) is 0 Å². The maximum Gasteiger partial charge on any atom is 0.323 e. The summed E-state index contributed by atoms with van der Waals surface area (Å²) < 4.78 is 43.1. The molecule has 0 saturated heterocycles. The van der Waals surface area contributed by atoms with Gasteiger partial charge in [0.05, 0.1) is 0 Å². The van der Waals surface area contributed by atoms with Crippen LogP contribution < -0.4 is 0 Å². The molecule has 0 rings (SSSR count). The van der Waals surface area contributed by atoms with Crippen LogP contribution in [0, 0.1) is 0 Å². The summed E-state index contributed by atoms with van der Waals surface area (Å²) >= 11 is -5.89. The summed E-state index contributed by atoms with van der Waals surface area (Å²) in [5.41, 5.74) is 0. The molecule has 0 aromatic carbocycles. The summed E-state index contributed by atoms with van der Waals surface area (Å²) in [6.45, 7) is 0. The van der Waals surface area contributed by atoms with E-state index in [2.05, 4.69) is 8.57 Å². The van der Waals surface area contributed by atoms with Crippen LogP contribution in [0.2, 0.25) is 0 Å². The number of hydrogen-bond donors (Lipinski definition) is 2. The highest BCUT2D eigenvalue weighted by atomic mass is 32.2. The molecule has 2 N–H and O–H groups in total. The van der Waals surface area contributed by atoms with Gasteiger partial charge in [-0.15, -0.1) is 4.28 Å². The minimum Gasteiger partial charge on any atom is -0.748 e. The van der Waals surface area contributed by atoms with Crippen molar-refractivity contribution in [3.8, 4) is 0 Å². The number of hydrogen-bond acceptors (Lipinski definition) is 7. The van der Waals surface area contributed by atoms with Gasteiger partial charge in [-0.3, -0.25) is 9.76 Å². The van der Waals surface area contributed by atoms with Gasteiger partial charge in [0.2, 0.25) is 0 Å². The molecule has 0 spiro atoms. The highest BCUT2D eigenvalue weighted by Gasteiger charge is 2.05. The molecule has 0 heterocycles. The van der Waals surface area contributed by atoms with Gasteiger partial charge in [0.1, 0.15) is 16.8 Å². The average Bonchev–Trinajstić information content (AvgIpc) is 1.58. The number of rotatable bonds is 4. The van der Waals surface area contributed by atoms with Crippen LogP contribution in [0.5, 0.6) is 0 Å². The molecule has 10 heteroatoms. The first-order valence-electron chi connectivity index (χ1n) is 1.58. The molecular weight excluding hydrogens is 190 g/mol. The van der Waals surface area contributed by atoms with Crippen LogP contribution in [0.3, 0.4) is 0 Å². The van der Waals surface area contributed by atoms with E-state index in [9.17, 15) is 13.0 Å². The Morgan fingerprint density at radius 3 is 2.20 bits per heavy atom. The summed E-state index contributed by atoms with van der Waals surface area (Å²) in [6.07, 6.45) is 0. The summed E-state index contributed by atoms with van der Waals surface area (Å²) in [4.78, 5) is 0. The zero-order chi connectivity index (χ0) is 8.15. The minimum atomic E-state index is -3.06. The molecule has 0 aliphatic rings. The summed E-state index contributed by atoms with van der Waals surface area (Å²) in [5, 5.41) is 7.27. The standard InChI is InChI=1S/H3NO7S2/c2-1(7-9(3)4)8-10(5)6/h2H,(H,3,4)(H,5,6)/p-1. The van der Waals surface area contributed by atoms with Gasteiger partial charge in [0.25, 0.3) is 0 Å². The third kappa shape index (κ3) is 6.18. The second-order valence-electron chi connectivity index (χ2n) is 0.808. The molecule has 2 unspecified atom stereocenters. The number of nitrogens with zero attached hydrogens (tertiary/aromatic N) is 1. The van der Waals surface area contributed by atoms with Crippen molar-refractivity contribution in [3.05, 3.63) is 0 Å². The zero-order valence-electron chi connectivity index (χ0n) is 4.20. The van der Waals surface area contributed by atoms with Crippen LogP contribution >= 0.6 is 0 Å². The average molecular weight is 192 g/mol. The molecule has 0 bridgehead atoms. The monoisotopic (exact) mass is 192 g/mol. The lowest BCUT2D eigenvalue weighted by atomic mass is 13.0. The van der Waals surface area contributed by atoms with Crippen molar-refractivity contribution in [2.75, 3.05) is 0 Å². The second-order valence-corrected chi connectivity index (χ2v) is 1.95. The van der Waals surface area contributed by atoms with Gasteiger partial charge in [-0.25, -0.2) is 4.21 Å². The predicted molar refractivity (Wildman–Crippen MR) is 25.5 cm³/mol. The molecular formula is H2NO7S2-. The Kier molecular flexibility index (Phi) is 4.84. The molecule has 0 aromatic heterocycles. The minimum absolute atomic E-state index is 0.765. The highest BCUT2D eigenvalue weighted by molar-refractivity contribution is 7.74. The van der Waals surface area contributed by atoms with Crippen molar-refractivity contribution in [2.45, 2.75) is 0 Å². The van der Waals surface area contributed by atoms with Crippen molar-refractivity contribution < 1.29 is 31.3 Å². The fraction of sp³-hybridized carbons (Fsp3) is 0. The van der Waals surface area contributed by atoms with E-state index in [0.29, 0.717) is 0 Å². The first-order valence-corrected chi connectivity index (χ1v) is 3.61. The Labute approximate surface area is 60.2 Å². The van der Waals surface area contributed by atoms with Crippen LogP contribution in [-0.4, -0.2) is 28.1 Å². The fourth-order valence-electron chi connectivity index (χ4n) is 0.119. The maximum atomic E-state index is 9.60. The molecule has 8 nitrogen and oxygen atoms in total. The Morgan fingerprint density at radius 2 is 1.90 bits per heavy atom. The van der Waals surface area contributed by atoms with E-state index in [0.717, 1.165) is 0 Å². The first-order chi connectivity index (χ1) is 4.52. The molecule has 2 atom stereocenters. The Morgan fingerprint density at radius 1 is 1.40 bits per heavy atom. The SMILES string of the molecule is O=S([O-])ON(O)OS(=O)O. The van der Waals surface area contributed by atoms with E-state index >= 15 is 0 Å². The van der Waals surface area contributed by atoms with Crippen molar-refractivity contribution in [2.24, 2.45) is 0 Å². The van der Waals surface area contributed by atoms with Crippen LogP contribution in [0.1, 0.15) is 0 Å². The molecule has 0 fully saturated rings. The Bertz CT molecular complexity index is 127. The highest BCUT2D eigenvalue weighted by Crippen LogP contribution is 1.90. The van der Waals surface area contributed by atoms with Gasteiger partial charge in [-0.1, -0.05) is 0 Å². The summed E-state index contributed by atoms with van der Waals surface area (Å²) in [6, 6.07) is 0. The van der Waals surface area contributed by atoms with Crippen LogP contribution in [0.25, 0.3) is 0 Å². The van der Waals surface area contributed by atoms with Gasteiger partial charge in [-0.2, -0.15) is 8.49 Å². The van der Waals surface area contributed by atoms with Gasteiger partial charge >= 0.3 is 11.4 Å². The Balaban J connectivity index is 3.53. The van der Waals surface area contributed by atoms with Crippen molar-refractivity contribution in [3.63, 3.8) is 0 Å². The molecule has 0 aliphatic carbocycles. The van der Waals surface area contributed by atoms with Crippen molar-refractivity contribution in [1.29, 1.82) is 0 Å². The molecule has 0 aliphatic heterocycles. The van der Waals surface area contributed by atoms with E-state index in [1.54, 1.807) is 0 Å². The third-order valence-corrected chi connectivity index (χ3v) is 0.756. The second kappa shape index (κ2) is 4.81. The molecule has 0 saturated carbocycles. The van der Waals surface area contributed by atoms with Crippen molar-refractivity contribution in [1.82, 2.24) is 5.39 Å². The zero-order valence-corrected chi connectivity index (χ0v) is 5.83. The lowest BCUT2D eigenvalue weighted by Gasteiger charge is -2.09. The third-order valence-electron chi connectivity index (χ3n) is 0.252.